The van der Waals surface area contributed by atoms with Crippen molar-refractivity contribution in [3.05, 3.63) is 41.7 Å². The second kappa shape index (κ2) is 6.82. The topological polar surface area (TPSA) is 78.7 Å². The summed E-state index contributed by atoms with van der Waals surface area (Å²) in [6, 6.07) is 7.28. The van der Waals surface area contributed by atoms with Crippen molar-refractivity contribution in [2.24, 2.45) is 0 Å². The fourth-order valence-corrected chi connectivity index (χ4v) is 3.13. The van der Waals surface area contributed by atoms with E-state index in [9.17, 15) is 14.7 Å². The Kier molecular flexibility index (Phi) is 4.71. The molecule has 138 valence electrons. The lowest BCUT2D eigenvalue weighted by Crippen LogP contribution is -2.42. The standard InChI is InChI=1S/C19H24N4O3/c1-12(2)13-5-7-14(8-6-13)23-11-16(24)17(20-23)19(26)22(4)15-9-10-21(3)18(15)25/h5-8,11-12,15,24H,9-10H2,1-4H3. The van der Waals surface area contributed by atoms with Crippen LogP contribution >= 0.6 is 0 Å². The Bertz CT molecular complexity index is 826. The number of rotatable bonds is 4. The van der Waals surface area contributed by atoms with Crippen molar-refractivity contribution in [1.82, 2.24) is 19.6 Å². The molecule has 1 saturated heterocycles. The predicted octanol–water partition coefficient (Wildman–Crippen LogP) is 2.00. The molecular weight excluding hydrogens is 332 g/mol. The number of likely N-dealkylation sites (N-methyl/N-ethyl adjacent to an activating group) is 2. The Labute approximate surface area is 152 Å². The normalized spacial score (nSPS) is 17.2. The number of benzene rings is 1. The van der Waals surface area contributed by atoms with Crippen LogP contribution in [0.3, 0.4) is 0 Å². The van der Waals surface area contributed by atoms with Crippen LogP contribution in [0.4, 0.5) is 0 Å². The van der Waals surface area contributed by atoms with Gasteiger partial charge in [0.15, 0.2) is 11.4 Å². The summed E-state index contributed by atoms with van der Waals surface area (Å²) in [4.78, 5) is 27.8. The van der Waals surface area contributed by atoms with Crippen LogP contribution in [-0.4, -0.2) is 63.2 Å². The zero-order chi connectivity index (χ0) is 19.0. The molecule has 7 nitrogen and oxygen atoms in total. The van der Waals surface area contributed by atoms with Crippen molar-refractivity contribution >= 4 is 11.8 Å². The van der Waals surface area contributed by atoms with Crippen LogP contribution in [0.1, 0.15) is 42.2 Å². The van der Waals surface area contributed by atoms with Crippen LogP contribution in [0.2, 0.25) is 0 Å². The number of amides is 2. The molecule has 0 aliphatic carbocycles. The molecule has 1 fully saturated rings. The molecule has 2 amide bonds. The molecule has 2 heterocycles. The molecule has 3 rings (SSSR count). The molecule has 0 bridgehead atoms. The van der Waals surface area contributed by atoms with E-state index in [0.29, 0.717) is 18.9 Å². The van der Waals surface area contributed by atoms with Crippen LogP contribution < -0.4 is 0 Å². The van der Waals surface area contributed by atoms with Crippen LogP contribution in [0.5, 0.6) is 5.75 Å². The Morgan fingerprint density at radius 2 is 1.96 bits per heavy atom. The summed E-state index contributed by atoms with van der Waals surface area (Å²) in [5, 5.41) is 14.4. The molecule has 1 aliphatic heterocycles. The molecule has 0 spiro atoms. The summed E-state index contributed by atoms with van der Waals surface area (Å²) in [5.41, 5.74) is 1.90. The highest BCUT2D eigenvalue weighted by Gasteiger charge is 2.36. The molecule has 0 radical (unpaired) electrons. The fourth-order valence-electron chi connectivity index (χ4n) is 3.13. The first kappa shape index (κ1) is 18.0. The van der Waals surface area contributed by atoms with Crippen molar-refractivity contribution in [2.75, 3.05) is 20.6 Å². The third-order valence-electron chi connectivity index (χ3n) is 4.91. The quantitative estimate of drug-likeness (QED) is 0.909. The maximum Gasteiger partial charge on any atom is 0.278 e. The van der Waals surface area contributed by atoms with E-state index < -0.39 is 11.9 Å². The Morgan fingerprint density at radius 3 is 2.50 bits per heavy atom. The number of hydrogen-bond donors (Lipinski definition) is 1. The zero-order valence-electron chi connectivity index (χ0n) is 15.5. The lowest BCUT2D eigenvalue weighted by Gasteiger charge is -2.22. The van der Waals surface area contributed by atoms with Gasteiger partial charge in [0, 0.05) is 20.6 Å². The van der Waals surface area contributed by atoms with Gasteiger partial charge in [-0.1, -0.05) is 26.0 Å². The van der Waals surface area contributed by atoms with Gasteiger partial charge >= 0.3 is 0 Å². The van der Waals surface area contributed by atoms with Gasteiger partial charge in [-0.05, 0) is 30.0 Å². The summed E-state index contributed by atoms with van der Waals surface area (Å²) >= 11 is 0. The Hall–Kier alpha value is -2.83. The fraction of sp³-hybridized carbons (Fsp3) is 0.421. The van der Waals surface area contributed by atoms with Crippen LogP contribution in [0.15, 0.2) is 30.5 Å². The number of likely N-dealkylation sites (tertiary alicyclic amines) is 1. The second-order valence-corrected chi connectivity index (χ2v) is 7.03. The van der Waals surface area contributed by atoms with E-state index in [-0.39, 0.29) is 17.4 Å². The maximum absolute atomic E-state index is 12.7. The largest absolute Gasteiger partial charge is 0.504 e. The summed E-state index contributed by atoms with van der Waals surface area (Å²) in [5.74, 6) is -0.339. The first-order valence-corrected chi connectivity index (χ1v) is 8.70. The van der Waals surface area contributed by atoms with E-state index in [1.54, 1.807) is 19.0 Å². The summed E-state index contributed by atoms with van der Waals surface area (Å²) in [7, 11) is 3.29. The molecule has 1 aromatic carbocycles. The number of carbonyl (C=O) groups is 2. The second-order valence-electron chi connectivity index (χ2n) is 7.03. The van der Waals surface area contributed by atoms with Gasteiger partial charge in [-0.2, -0.15) is 5.10 Å². The highest BCUT2D eigenvalue weighted by molar-refractivity contribution is 5.98. The first-order chi connectivity index (χ1) is 12.3. The Balaban J connectivity index is 1.83. The number of aromatic hydroxyl groups is 1. The van der Waals surface area contributed by atoms with Crippen molar-refractivity contribution in [3.8, 4) is 11.4 Å². The van der Waals surface area contributed by atoms with Gasteiger partial charge < -0.3 is 14.9 Å². The maximum atomic E-state index is 12.7. The van der Waals surface area contributed by atoms with E-state index in [1.165, 1.54) is 21.3 Å². The van der Waals surface area contributed by atoms with E-state index >= 15 is 0 Å². The van der Waals surface area contributed by atoms with Crippen LogP contribution in [0.25, 0.3) is 5.69 Å². The molecule has 1 atom stereocenters. The van der Waals surface area contributed by atoms with Gasteiger partial charge in [0.2, 0.25) is 5.91 Å². The van der Waals surface area contributed by atoms with Crippen molar-refractivity contribution in [3.63, 3.8) is 0 Å². The van der Waals surface area contributed by atoms with Gasteiger partial charge in [-0.15, -0.1) is 0 Å². The highest BCUT2D eigenvalue weighted by atomic mass is 16.3. The van der Waals surface area contributed by atoms with E-state index in [2.05, 4.69) is 18.9 Å². The van der Waals surface area contributed by atoms with Crippen molar-refractivity contribution < 1.29 is 14.7 Å². The Morgan fingerprint density at radius 1 is 1.31 bits per heavy atom. The molecule has 1 aliphatic rings. The predicted molar refractivity (Wildman–Crippen MR) is 97.5 cm³/mol. The number of aromatic nitrogens is 2. The van der Waals surface area contributed by atoms with Gasteiger partial charge in [0.1, 0.15) is 6.04 Å². The summed E-state index contributed by atoms with van der Waals surface area (Å²) in [6.07, 6.45) is 1.99. The molecule has 1 unspecified atom stereocenters. The highest BCUT2D eigenvalue weighted by Crippen LogP contribution is 2.23. The van der Waals surface area contributed by atoms with E-state index in [0.717, 1.165) is 5.69 Å². The minimum atomic E-state index is -0.512. The first-order valence-electron chi connectivity index (χ1n) is 8.70. The van der Waals surface area contributed by atoms with E-state index in [1.807, 2.05) is 24.3 Å². The molecular formula is C19H24N4O3. The average Bonchev–Trinajstić information content (AvgIpc) is 3.17. The lowest BCUT2D eigenvalue weighted by atomic mass is 10.0. The third kappa shape index (κ3) is 3.16. The average molecular weight is 356 g/mol. The molecule has 0 saturated carbocycles. The molecule has 2 aromatic rings. The number of carbonyl (C=O) groups excluding carboxylic acids is 2. The molecule has 1 aromatic heterocycles. The molecule has 26 heavy (non-hydrogen) atoms. The van der Waals surface area contributed by atoms with Crippen LogP contribution in [0, 0.1) is 0 Å². The monoisotopic (exact) mass is 356 g/mol. The SMILES string of the molecule is CC(C)c1ccc(-n2cc(O)c(C(=O)N(C)C3CCN(C)C3=O)n2)cc1. The van der Waals surface area contributed by atoms with Gasteiger partial charge in [-0.3, -0.25) is 9.59 Å². The van der Waals surface area contributed by atoms with Gasteiger partial charge in [-0.25, -0.2) is 4.68 Å². The smallest absolute Gasteiger partial charge is 0.278 e. The molecule has 1 N–H and O–H groups in total. The van der Waals surface area contributed by atoms with Crippen molar-refractivity contribution in [1.29, 1.82) is 0 Å². The third-order valence-corrected chi connectivity index (χ3v) is 4.91. The summed E-state index contributed by atoms with van der Waals surface area (Å²) < 4.78 is 1.48. The molecule has 7 heteroatoms. The number of hydrogen-bond acceptors (Lipinski definition) is 4. The van der Waals surface area contributed by atoms with E-state index in [4.69, 9.17) is 0 Å². The summed E-state index contributed by atoms with van der Waals surface area (Å²) in [6.45, 7) is 4.84. The number of nitrogens with zero attached hydrogens (tertiary/aromatic N) is 4. The van der Waals surface area contributed by atoms with Crippen molar-refractivity contribution in [2.45, 2.75) is 32.2 Å². The van der Waals surface area contributed by atoms with Crippen LogP contribution in [-0.2, 0) is 4.79 Å². The minimum absolute atomic E-state index is 0.0530. The minimum Gasteiger partial charge on any atom is -0.504 e. The lowest BCUT2D eigenvalue weighted by molar-refractivity contribution is -0.130. The van der Waals surface area contributed by atoms with Gasteiger partial charge in [0.05, 0.1) is 11.9 Å². The zero-order valence-corrected chi connectivity index (χ0v) is 15.5. The van der Waals surface area contributed by atoms with Gasteiger partial charge in [0.25, 0.3) is 5.91 Å².